The molecule has 2 saturated carbocycles. The molecule has 0 bridgehead atoms. The first-order valence-electron chi connectivity index (χ1n) is 14.6. The summed E-state index contributed by atoms with van der Waals surface area (Å²) in [6.45, 7) is 4.66. The number of piperazine rings is 1. The number of carbonyl (C=O) groups is 3. The number of likely N-dealkylation sites (tertiary alicyclic amines) is 1. The van der Waals surface area contributed by atoms with Gasteiger partial charge in [0, 0.05) is 50.0 Å². The van der Waals surface area contributed by atoms with Gasteiger partial charge in [0.05, 0.1) is 6.04 Å². The summed E-state index contributed by atoms with van der Waals surface area (Å²) in [4.78, 5) is 46.7. The maximum Gasteiger partial charge on any atom is 0.251 e. The van der Waals surface area contributed by atoms with Gasteiger partial charge in [-0.05, 0) is 62.9 Å². The number of hydrogen-bond donors (Lipinski definition) is 2. The molecule has 1 aromatic carbocycles. The van der Waals surface area contributed by atoms with Crippen LogP contribution in [-0.4, -0.2) is 104 Å². The van der Waals surface area contributed by atoms with Gasteiger partial charge in [0.1, 0.15) is 24.8 Å². The predicted octanol–water partition coefficient (Wildman–Crippen LogP) is 1.42. The third-order valence-corrected chi connectivity index (χ3v) is 9.38. The molecule has 206 valence electrons. The number of ketones is 1. The van der Waals surface area contributed by atoms with Crippen LogP contribution >= 0.6 is 0 Å². The van der Waals surface area contributed by atoms with Gasteiger partial charge in [-0.1, -0.05) is 19.3 Å². The minimum atomic E-state index is -0.636. The Kier molecular flexibility index (Phi) is 7.42. The van der Waals surface area contributed by atoms with Gasteiger partial charge < -0.3 is 25.2 Å². The number of ether oxygens (including phenoxy) is 1. The van der Waals surface area contributed by atoms with Gasteiger partial charge in [-0.15, -0.1) is 0 Å². The molecule has 3 heterocycles. The molecule has 2 aliphatic carbocycles. The van der Waals surface area contributed by atoms with E-state index in [-0.39, 0.29) is 42.3 Å². The van der Waals surface area contributed by atoms with E-state index in [0.717, 1.165) is 70.0 Å². The minimum absolute atomic E-state index is 0.0414. The number of likely N-dealkylation sites (N-methyl/N-ethyl adjacent to an activating group) is 1. The lowest BCUT2D eigenvalue weighted by molar-refractivity contribution is -0.139. The molecule has 4 atom stereocenters. The lowest BCUT2D eigenvalue weighted by Gasteiger charge is -2.36. The molecule has 5 fully saturated rings. The highest BCUT2D eigenvalue weighted by molar-refractivity contribution is 5.99. The summed E-state index contributed by atoms with van der Waals surface area (Å²) in [7, 11) is 1.83. The zero-order chi connectivity index (χ0) is 26.2. The molecule has 6 rings (SSSR count). The average molecular weight is 524 g/mol. The fraction of sp³-hybridized carbons (Fsp3) is 0.690. The molecule has 9 nitrogen and oxygen atoms in total. The van der Waals surface area contributed by atoms with E-state index in [4.69, 9.17) is 4.74 Å². The van der Waals surface area contributed by atoms with Crippen molar-refractivity contribution < 1.29 is 19.1 Å². The summed E-state index contributed by atoms with van der Waals surface area (Å²) in [5.41, 5.74) is 1.70. The average Bonchev–Trinajstić information content (AvgIpc) is 3.65. The first-order chi connectivity index (χ1) is 18.5. The normalized spacial score (nSPS) is 29.4. The van der Waals surface area contributed by atoms with Crippen molar-refractivity contribution in [2.45, 2.75) is 75.2 Å². The van der Waals surface area contributed by atoms with Crippen molar-refractivity contribution in [1.82, 2.24) is 20.4 Å². The molecular weight excluding hydrogens is 482 g/mol. The van der Waals surface area contributed by atoms with Crippen LogP contribution in [-0.2, 0) is 14.3 Å². The first kappa shape index (κ1) is 25.8. The molecule has 2 N–H and O–H groups in total. The van der Waals surface area contributed by atoms with Crippen molar-refractivity contribution in [2.75, 3.05) is 51.3 Å². The number of Topliss-reactive ketones (excluding diaryl/α,β-unsaturated/α-hetero) is 1. The Bertz CT molecular complexity index is 1030. The Labute approximate surface area is 225 Å². The lowest BCUT2D eigenvalue weighted by atomic mass is 9.83. The van der Waals surface area contributed by atoms with Gasteiger partial charge in [0.25, 0.3) is 5.91 Å². The highest BCUT2D eigenvalue weighted by Gasteiger charge is 2.53. The second-order valence-corrected chi connectivity index (χ2v) is 11.7. The zero-order valence-electron chi connectivity index (χ0n) is 22.4. The van der Waals surface area contributed by atoms with Crippen molar-refractivity contribution in [3.8, 4) is 0 Å². The number of nitrogens with one attached hydrogen (secondary N) is 2. The van der Waals surface area contributed by atoms with Gasteiger partial charge in [-0.2, -0.15) is 0 Å². The second kappa shape index (κ2) is 10.9. The summed E-state index contributed by atoms with van der Waals surface area (Å²) in [6, 6.07) is 7.31. The van der Waals surface area contributed by atoms with Crippen LogP contribution in [0.4, 0.5) is 5.69 Å². The lowest BCUT2D eigenvalue weighted by Crippen LogP contribution is -2.55. The summed E-state index contributed by atoms with van der Waals surface area (Å²) < 4.78 is 5.73. The number of carbonyl (C=O) groups excluding carboxylic acids is 3. The Morgan fingerprint density at radius 3 is 2.34 bits per heavy atom. The summed E-state index contributed by atoms with van der Waals surface area (Å²) in [6.07, 6.45) is 7.44. The molecule has 3 saturated heterocycles. The largest absolute Gasteiger partial charge is 0.369 e. The Balaban J connectivity index is 1.14. The molecule has 1 aromatic rings. The monoisotopic (exact) mass is 523 g/mol. The van der Waals surface area contributed by atoms with Crippen molar-refractivity contribution in [1.29, 1.82) is 0 Å². The molecule has 0 aromatic heterocycles. The number of nitrogens with zero attached hydrogens (tertiary/aromatic N) is 3. The van der Waals surface area contributed by atoms with Crippen LogP contribution in [0.25, 0.3) is 0 Å². The third kappa shape index (κ3) is 5.08. The highest BCUT2D eigenvalue weighted by atomic mass is 16.5. The van der Waals surface area contributed by atoms with E-state index in [0.29, 0.717) is 12.1 Å². The van der Waals surface area contributed by atoms with E-state index in [9.17, 15) is 14.4 Å². The van der Waals surface area contributed by atoms with Gasteiger partial charge in [-0.25, -0.2) is 0 Å². The Morgan fingerprint density at radius 1 is 0.974 bits per heavy atom. The Morgan fingerprint density at radius 2 is 1.68 bits per heavy atom. The van der Waals surface area contributed by atoms with Crippen LogP contribution in [0.1, 0.15) is 55.3 Å². The van der Waals surface area contributed by atoms with E-state index in [1.807, 2.05) is 31.3 Å². The molecule has 0 spiro atoms. The second-order valence-electron chi connectivity index (χ2n) is 11.7. The number of hydrogen-bond acceptors (Lipinski definition) is 7. The van der Waals surface area contributed by atoms with Crippen molar-refractivity contribution >= 4 is 23.3 Å². The van der Waals surface area contributed by atoms with Crippen LogP contribution in [0.15, 0.2) is 24.3 Å². The number of rotatable bonds is 7. The molecule has 38 heavy (non-hydrogen) atoms. The standard InChI is InChI=1S/C29H41N5O4/c1-30-23-17-34(26-24(35)18-38-27(23)26)29(37)25(19-5-3-2-4-6-19)31-28(36)20-7-9-21(10-8-20)32-13-15-33(16-14-32)22-11-12-22/h7-10,19,22-23,25-27,30H,2-6,11-18H2,1H3,(H,31,36)/t23-,25-,26+,27+/m0/s1. The van der Waals surface area contributed by atoms with E-state index in [1.54, 1.807) is 4.90 Å². The van der Waals surface area contributed by atoms with E-state index >= 15 is 0 Å². The SMILES string of the molecule is CN[C@H]1CN(C(=O)[C@@H](NC(=O)c2ccc(N3CCN(C4CC4)CC3)cc2)C2CCCCC2)[C@@H]2C(=O)CO[C@H]12. The summed E-state index contributed by atoms with van der Waals surface area (Å²) >= 11 is 0. The van der Waals surface area contributed by atoms with Gasteiger partial charge in [0.15, 0.2) is 5.78 Å². The van der Waals surface area contributed by atoms with Crippen LogP contribution in [0.2, 0.25) is 0 Å². The van der Waals surface area contributed by atoms with Gasteiger partial charge in [-0.3, -0.25) is 19.3 Å². The Hall–Kier alpha value is -2.49. The summed E-state index contributed by atoms with van der Waals surface area (Å²) in [5, 5.41) is 6.31. The molecule has 9 heteroatoms. The molecule has 2 amide bonds. The van der Waals surface area contributed by atoms with Gasteiger partial charge in [0.2, 0.25) is 5.91 Å². The smallest absolute Gasteiger partial charge is 0.251 e. The molecular formula is C29H41N5O4. The number of benzene rings is 1. The fourth-order valence-corrected chi connectivity index (χ4v) is 7.00. The fourth-order valence-electron chi connectivity index (χ4n) is 7.00. The van der Waals surface area contributed by atoms with Crippen LogP contribution in [0, 0.1) is 5.92 Å². The molecule has 5 aliphatic rings. The minimum Gasteiger partial charge on any atom is -0.369 e. The van der Waals surface area contributed by atoms with Crippen LogP contribution in [0.5, 0.6) is 0 Å². The van der Waals surface area contributed by atoms with Crippen LogP contribution < -0.4 is 15.5 Å². The third-order valence-electron chi connectivity index (χ3n) is 9.38. The summed E-state index contributed by atoms with van der Waals surface area (Å²) in [5.74, 6) is -0.355. The predicted molar refractivity (Wildman–Crippen MR) is 144 cm³/mol. The topological polar surface area (TPSA) is 94.2 Å². The molecule has 0 radical (unpaired) electrons. The van der Waals surface area contributed by atoms with E-state index < -0.39 is 12.1 Å². The maximum atomic E-state index is 14.0. The van der Waals surface area contributed by atoms with E-state index in [2.05, 4.69) is 20.4 Å². The number of amides is 2. The molecule has 3 aliphatic heterocycles. The van der Waals surface area contributed by atoms with Crippen molar-refractivity contribution in [3.05, 3.63) is 29.8 Å². The maximum absolute atomic E-state index is 14.0. The first-order valence-corrected chi connectivity index (χ1v) is 14.6. The van der Waals surface area contributed by atoms with Crippen molar-refractivity contribution in [2.24, 2.45) is 5.92 Å². The zero-order valence-corrected chi connectivity index (χ0v) is 22.4. The number of anilines is 1. The van der Waals surface area contributed by atoms with Crippen molar-refractivity contribution in [3.63, 3.8) is 0 Å². The quantitative estimate of drug-likeness (QED) is 0.558. The van der Waals surface area contributed by atoms with Gasteiger partial charge >= 0.3 is 0 Å². The van der Waals surface area contributed by atoms with Crippen LogP contribution in [0.3, 0.4) is 0 Å². The molecule has 0 unspecified atom stereocenters. The number of fused-ring (bicyclic) bond motifs is 1. The van der Waals surface area contributed by atoms with E-state index in [1.165, 1.54) is 12.8 Å². The highest BCUT2D eigenvalue weighted by Crippen LogP contribution is 2.33.